The summed E-state index contributed by atoms with van der Waals surface area (Å²) in [7, 11) is -2.13. The third kappa shape index (κ3) is 3.57. The second-order valence-electron chi connectivity index (χ2n) is 4.98. The summed E-state index contributed by atoms with van der Waals surface area (Å²) in [6, 6.07) is 6.71. The van der Waals surface area contributed by atoms with E-state index >= 15 is 0 Å². The molecule has 0 spiro atoms. The Morgan fingerprint density at radius 2 is 1.91 bits per heavy atom. The summed E-state index contributed by atoms with van der Waals surface area (Å²) >= 11 is 3.26. The van der Waals surface area contributed by atoms with Gasteiger partial charge in [0.25, 0.3) is 15.9 Å². The van der Waals surface area contributed by atoms with Crippen molar-refractivity contribution < 1.29 is 13.2 Å². The minimum atomic E-state index is -3.83. The zero-order chi connectivity index (χ0) is 16.5. The fourth-order valence-corrected chi connectivity index (χ4v) is 3.67. The van der Waals surface area contributed by atoms with Gasteiger partial charge in [0.1, 0.15) is 5.69 Å². The highest BCUT2D eigenvalue weighted by Crippen LogP contribution is 2.16. The van der Waals surface area contributed by atoms with Gasteiger partial charge in [-0.05, 0) is 53.0 Å². The van der Waals surface area contributed by atoms with Gasteiger partial charge in [0.15, 0.2) is 0 Å². The molecule has 1 amide bonds. The van der Waals surface area contributed by atoms with E-state index in [1.807, 2.05) is 6.07 Å². The van der Waals surface area contributed by atoms with Crippen LogP contribution in [0.15, 0.2) is 39.8 Å². The lowest BCUT2D eigenvalue weighted by molar-refractivity contribution is 0.0937. The quantitative estimate of drug-likeness (QED) is 0.790. The highest BCUT2D eigenvalue weighted by atomic mass is 79.9. The Labute approximate surface area is 137 Å². The van der Waals surface area contributed by atoms with E-state index < -0.39 is 15.9 Å². The van der Waals surface area contributed by atoms with Crippen LogP contribution in [-0.4, -0.2) is 18.9 Å². The van der Waals surface area contributed by atoms with Crippen LogP contribution in [0.4, 0.5) is 0 Å². The maximum atomic E-state index is 12.3. The maximum absolute atomic E-state index is 12.3. The summed E-state index contributed by atoms with van der Waals surface area (Å²) < 4.78 is 26.9. The number of hydrogen-bond acceptors (Lipinski definition) is 3. The zero-order valence-corrected chi connectivity index (χ0v) is 14.7. The lowest BCUT2D eigenvalue weighted by Gasteiger charge is -2.11. The van der Waals surface area contributed by atoms with Gasteiger partial charge in [0.2, 0.25) is 0 Å². The number of hydrazine groups is 1. The average molecular weight is 386 g/mol. The highest BCUT2D eigenvalue weighted by Gasteiger charge is 2.19. The van der Waals surface area contributed by atoms with Gasteiger partial charge in [-0.3, -0.25) is 10.2 Å². The molecule has 1 heterocycles. The van der Waals surface area contributed by atoms with E-state index in [1.54, 1.807) is 49.9 Å². The molecule has 6 nitrogen and oxygen atoms in total. The molecule has 0 fully saturated rings. The van der Waals surface area contributed by atoms with Crippen molar-refractivity contribution in [1.82, 2.24) is 14.8 Å². The van der Waals surface area contributed by atoms with Crippen LogP contribution < -0.4 is 10.3 Å². The summed E-state index contributed by atoms with van der Waals surface area (Å²) in [5.41, 5.74) is 3.98. The molecule has 0 radical (unpaired) electrons. The van der Waals surface area contributed by atoms with E-state index in [1.165, 1.54) is 0 Å². The van der Waals surface area contributed by atoms with Crippen LogP contribution in [0.2, 0.25) is 0 Å². The first kappa shape index (κ1) is 16.7. The van der Waals surface area contributed by atoms with Crippen LogP contribution in [0, 0.1) is 13.8 Å². The number of amides is 1. The van der Waals surface area contributed by atoms with Crippen molar-refractivity contribution in [3.8, 4) is 0 Å². The minimum Gasteiger partial charge on any atom is -0.345 e. The SMILES string of the molecule is Cc1ccc(C)c(S(=O)(=O)NNC(=O)c2cc(Br)cn2C)c1. The van der Waals surface area contributed by atoms with Crippen molar-refractivity contribution in [2.75, 3.05) is 0 Å². The molecule has 0 aliphatic rings. The highest BCUT2D eigenvalue weighted by molar-refractivity contribution is 9.10. The lowest BCUT2D eigenvalue weighted by Crippen LogP contribution is -2.42. The van der Waals surface area contributed by atoms with Crippen LogP contribution in [0.1, 0.15) is 21.6 Å². The number of nitrogens with one attached hydrogen (secondary N) is 2. The summed E-state index contributed by atoms with van der Waals surface area (Å²) in [5.74, 6) is -0.540. The molecule has 0 bridgehead atoms. The van der Waals surface area contributed by atoms with Gasteiger partial charge in [-0.2, -0.15) is 0 Å². The predicted octanol–water partition coefficient (Wildman–Crippen LogP) is 2.03. The van der Waals surface area contributed by atoms with E-state index in [-0.39, 0.29) is 4.90 Å². The fraction of sp³-hybridized carbons (Fsp3) is 0.214. The number of carbonyl (C=O) groups is 1. The number of sulfonamides is 1. The van der Waals surface area contributed by atoms with Crippen molar-refractivity contribution >= 4 is 31.9 Å². The van der Waals surface area contributed by atoms with Gasteiger partial charge in [-0.15, -0.1) is 4.83 Å². The molecule has 2 rings (SSSR count). The van der Waals surface area contributed by atoms with Gasteiger partial charge >= 0.3 is 0 Å². The van der Waals surface area contributed by atoms with Crippen LogP contribution in [-0.2, 0) is 17.1 Å². The molecule has 0 aliphatic heterocycles. The maximum Gasteiger partial charge on any atom is 0.282 e. The Balaban J connectivity index is 2.18. The van der Waals surface area contributed by atoms with E-state index in [0.717, 1.165) is 10.0 Å². The molecule has 2 aromatic rings. The Bertz CT molecular complexity index is 828. The van der Waals surface area contributed by atoms with E-state index in [2.05, 4.69) is 26.2 Å². The summed E-state index contributed by atoms with van der Waals surface area (Å²) in [4.78, 5) is 14.3. The molecule has 2 N–H and O–H groups in total. The van der Waals surface area contributed by atoms with Crippen LogP contribution in [0.25, 0.3) is 0 Å². The smallest absolute Gasteiger partial charge is 0.282 e. The third-order valence-electron chi connectivity index (χ3n) is 3.14. The molecule has 1 aromatic heterocycles. The number of hydrogen-bond donors (Lipinski definition) is 2. The number of nitrogens with zero attached hydrogens (tertiary/aromatic N) is 1. The van der Waals surface area contributed by atoms with Crippen molar-refractivity contribution in [3.05, 3.63) is 51.8 Å². The summed E-state index contributed by atoms with van der Waals surface area (Å²) in [6.07, 6.45) is 1.70. The predicted molar refractivity (Wildman–Crippen MR) is 86.8 cm³/mol. The van der Waals surface area contributed by atoms with Crippen molar-refractivity contribution in [2.24, 2.45) is 7.05 Å². The Kier molecular flexibility index (Phi) is 4.74. The van der Waals surface area contributed by atoms with Gasteiger partial charge in [0, 0.05) is 17.7 Å². The molecule has 8 heteroatoms. The molecule has 0 saturated carbocycles. The standard InChI is InChI=1S/C14H16BrN3O3S/c1-9-4-5-10(2)13(6-9)22(20,21)17-16-14(19)12-7-11(15)8-18(12)3/h4-8,17H,1-3H3,(H,16,19). The van der Waals surface area contributed by atoms with Crippen molar-refractivity contribution in [1.29, 1.82) is 0 Å². The molecule has 0 atom stereocenters. The van der Waals surface area contributed by atoms with Gasteiger partial charge < -0.3 is 4.57 Å². The first-order valence-electron chi connectivity index (χ1n) is 6.42. The van der Waals surface area contributed by atoms with Crippen molar-refractivity contribution in [3.63, 3.8) is 0 Å². The summed E-state index contributed by atoms with van der Waals surface area (Å²) in [6.45, 7) is 3.50. The molecule has 118 valence electrons. The second kappa shape index (κ2) is 6.23. The fourth-order valence-electron chi connectivity index (χ4n) is 1.98. The van der Waals surface area contributed by atoms with Crippen LogP contribution in [0.3, 0.4) is 0 Å². The van der Waals surface area contributed by atoms with Gasteiger partial charge in [-0.1, -0.05) is 12.1 Å². The molecule has 0 saturated heterocycles. The zero-order valence-electron chi connectivity index (χ0n) is 12.3. The normalized spacial score (nSPS) is 11.5. The van der Waals surface area contributed by atoms with Crippen molar-refractivity contribution in [2.45, 2.75) is 18.7 Å². The monoisotopic (exact) mass is 385 g/mol. The first-order chi connectivity index (χ1) is 10.2. The van der Waals surface area contributed by atoms with Gasteiger partial charge in [-0.25, -0.2) is 8.42 Å². The molecule has 1 aromatic carbocycles. The number of aryl methyl sites for hydroxylation is 3. The van der Waals surface area contributed by atoms with E-state index in [4.69, 9.17) is 0 Å². The van der Waals surface area contributed by atoms with Crippen LogP contribution >= 0.6 is 15.9 Å². The minimum absolute atomic E-state index is 0.140. The average Bonchev–Trinajstić information content (AvgIpc) is 2.78. The Hall–Kier alpha value is -1.64. The topological polar surface area (TPSA) is 80.2 Å². The molecule has 22 heavy (non-hydrogen) atoms. The molecular weight excluding hydrogens is 370 g/mol. The van der Waals surface area contributed by atoms with Gasteiger partial charge in [0.05, 0.1) is 4.90 Å². The Morgan fingerprint density at radius 1 is 1.23 bits per heavy atom. The Morgan fingerprint density at radius 3 is 2.50 bits per heavy atom. The lowest BCUT2D eigenvalue weighted by atomic mass is 10.2. The number of benzene rings is 1. The number of aromatic nitrogens is 1. The molecule has 0 aliphatic carbocycles. The first-order valence-corrected chi connectivity index (χ1v) is 8.69. The second-order valence-corrected chi connectivity index (χ2v) is 7.55. The number of halogens is 1. The van der Waals surface area contributed by atoms with Crippen LogP contribution in [0.5, 0.6) is 0 Å². The summed E-state index contributed by atoms with van der Waals surface area (Å²) in [5, 5.41) is 0. The number of carbonyl (C=O) groups excluding carboxylic acids is 1. The largest absolute Gasteiger partial charge is 0.345 e. The molecular formula is C14H16BrN3O3S. The van der Waals surface area contributed by atoms with E-state index in [9.17, 15) is 13.2 Å². The van der Waals surface area contributed by atoms with E-state index in [0.29, 0.717) is 11.3 Å². The number of rotatable bonds is 4. The third-order valence-corrected chi connectivity index (χ3v) is 4.96. The molecule has 0 unspecified atom stereocenters.